The van der Waals surface area contributed by atoms with E-state index in [4.69, 9.17) is 9.05 Å². The van der Waals surface area contributed by atoms with E-state index in [1.807, 2.05) is 0 Å². The first-order valence-corrected chi connectivity index (χ1v) is 8.34. The normalized spacial score (nSPS) is 22.5. The molecule has 5 heteroatoms. The van der Waals surface area contributed by atoms with Crippen molar-refractivity contribution in [2.24, 2.45) is 5.92 Å². The molecule has 100 valence electrons. The molecule has 4 nitrogen and oxygen atoms in total. The van der Waals surface area contributed by atoms with Gasteiger partial charge in [-0.3, -0.25) is 9.36 Å². The molecule has 0 aliphatic heterocycles. The molecule has 0 N–H and O–H groups in total. The largest absolute Gasteiger partial charge is 0.327 e. The summed E-state index contributed by atoms with van der Waals surface area (Å²) in [6.07, 6.45) is 7.84. The Labute approximate surface area is 104 Å². The van der Waals surface area contributed by atoms with Crippen LogP contribution in [0.3, 0.4) is 0 Å². The summed E-state index contributed by atoms with van der Waals surface area (Å²) < 4.78 is 21.2. The molecule has 1 fully saturated rings. The predicted molar refractivity (Wildman–Crippen MR) is 67.3 cm³/mol. The van der Waals surface area contributed by atoms with Crippen molar-refractivity contribution in [3.05, 3.63) is 0 Å². The second-order valence-electron chi connectivity index (χ2n) is 4.74. The molecule has 0 aromatic rings. The fourth-order valence-electron chi connectivity index (χ4n) is 2.13. The van der Waals surface area contributed by atoms with Crippen molar-refractivity contribution < 1.29 is 18.4 Å². The van der Waals surface area contributed by atoms with Gasteiger partial charge in [0.1, 0.15) is 6.61 Å². The highest BCUT2D eigenvalue weighted by Gasteiger charge is 2.23. The molecular weight excluding hydrogens is 239 g/mol. The van der Waals surface area contributed by atoms with Gasteiger partial charge in [-0.15, -0.1) is 0 Å². The van der Waals surface area contributed by atoms with E-state index in [9.17, 15) is 9.36 Å². The van der Waals surface area contributed by atoms with Crippen LogP contribution in [0.4, 0.5) is 0 Å². The second-order valence-corrected chi connectivity index (χ2v) is 6.90. The molecule has 0 saturated heterocycles. The molecule has 1 atom stereocenters. The molecule has 17 heavy (non-hydrogen) atoms. The van der Waals surface area contributed by atoms with Crippen molar-refractivity contribution >= 4 is 13.4 Å². The van der Waals surface area contributed by atoms with Crippen molar-refractivity contribution in [3.63, 3.8) is 0 Å². The van der Waals surface area contributed by atoms with Gasteiger partial charge in [-0.2, -0.15) is 0 Å². The van der Waals surface area contributed by atoms with Crippen LogP contribution in [-0.4, -0.2) is 26.2 Å². The fourth-order valence-corrected chi connectivity index (χ4v) is 2.60. The highest BCUT2D eigenvalue weighted by Crippen LogP contribution is 2.42. The quantitative estimate of drug-likeness (QED) is 0.712. The molecule has 0 heterocycles. The van der Waals surface area contributed by atoms with Crippen LogP contribution < -0.4 is 0 Å². The Balaban J connectivity index is 2.37. The van der Waals surface area contributed by atoms with Crippen LogP contribution in [0.5, 0.6) is 0 Å². The standard InChI is InChI=1S/C12H23O4P/c1-15-17(2,14)16-10-12(13)11-8-6-4-3-5-7-9-11/h11H,3-10H2,1-2H3. The van der Waals surface area contributed by atoms with Gasteiger partial charge < -0.3 is 9.05 Å². The van der Waals surface area contributed by atoms with Crippen molar-refractivity contribution in [3.8, 4) is 0 Å². The fraction of sp³-hybridized carbons (Fsp3) is 0.917. The zero-order valence-electron chi connectivity index (χ0n) is 10.8. The Morgan fingerprint density at radius 3 is 2.24 bits per heavy atom. The average Bonchev–Trinajstić information content (AvgIpc) is 2.26. The maximum atomic E-state index is 11.9. The molecule has 1 aliphatic carbocycles. The van der Waals surface area contributed by atoms with E-state index in [0.29, 0.717) is 0 Å². The Morgan fingerprint density at radius 2 is 1.71 bits per heavy atom. The van der Waals surface area contributed by atoms with Crippen molar-refractivity contribution in [2.45, 2.75) is 44.9 Å². The molecule has 0 bridgehead atoms. The van der Waals surface area contributed by atoms with E-state index in [2.05, 4.69) is 0 Å². The summed E-state index contributed by atoms with van der Waals surface area (Å²) in [7, 11) is -1.68. The minimum atomic E-state index is -3.02. The second kappa shape index (κ2) is 7.30. The monoisotopic (exact) mass is 262 g/mol. The highest BCUT2D eigenvalue weighted by atomic mass is 31.2. The van der Waals surface area contributed by atoms with Gasteiger partial charge in [0.05, 0.1) is 0 Å². The van der Waals surface area contributed by atoms with Crippen LogP contribution in [0, 0.1) is 5.92 Å². The molecular formula is C12H23O4P. The molecule has 1 unspecified atom stereocenters. The lowest BCUT2D eigenvalue weighted by molar-refractivity contribution is -0.125. The Hall–Kier alpha value is -0.180. The van der Waals surface area contributed by atoms with Crippen LogP contribution in [0.25, 0.3) is 0 Å². The van der Waals surface area contributed by atoms with E-state index in [-0.39, 0.29) is 18.3 Å². The number of hydrogen-bond donors (Lipinski definition) is 0. The number of rotatable bonds is 5. The van der Waals surface area contributed by atoms with Crippen LogP contribution in [-0.2, 0) is 18.4 Å². The number of carbonyl (C=O) groups excluding carboxylic acids is 1. The summed E-state index contributed by atoms with van der Waals surface area (Å²) in [5.74, 6) is 0.165. The van der Waals surface area contributed by atoms with Gasteiger partial charge in [0, 0.05) is 19.7 Å². The van der Waals surface area contributed by atoms with Crippen molar-refractivity contribution in [1.82, 2.24) is 0 Å². The first-order chi connectivity index (χ1) is 8.05. The number of carbonyl (C=O) groups is 1. The van der Waals surface area contributed by atoms with Gasteiger partial charge in [0.2, 0.25) is 0 Å². The van der Waals surface area contributed by atoms with E-state index < -0.39 is 7.60 Å². The molecule has 1 aliphatic rings. The van der Waals surface area contributed by atoms with Gasteiger partial charge in [-0.1, -0.05) is 32.1 Å². The maximum absolute atomic E-state index is 11.9. The molecule has 1 rings (SSSR count). The Morgan fingerprint density at radius 1 is 1.18 bits per heavy atom. The molecule has 0 aromatic heterocycles. The molecule has 0 radical (unpaired) electrons. The molecule has 1 saturated carbocycles. The third-order valence-corrected chi connectivity index (χ3v) is 4.59. The molecule has 0 amide bonds. The summed E-state index contributed by atoms with van der Waals surface area (Å²) in [6, 6.07) is 0. The first kappa shape index (κ1) is 14.9. The lowest BCUT2D eigenvalue weighted by atomic mass is 9.88. The minimum absolute atomic E-state index is 0.0750. The third kappa shape index (κ3) is 5.80. The van der Waals surface area contributed by atoms with Gasteiger partial charge in [-0.25, -0.2) is 0 Å². The zero-order valence-corrected chi connectivity index (χ0v) is 11.7. The van der Waals surface area contributed by atoms with Crippen molar-refractivity contribution in [1.29, 1.82) is 0 Å². The molecule has 0 aromatic carbocycles. The maximum Gasteiger partial charge on any atom is 0.327 e. The lowest BCUT2D eigenvalue weighted by Gasteiger charge is -2.19. The van der Waals surface area contributed by atoms with Crippen LogP contribution >= 0.6 is 7.60 Å². The van der Waals surface area contributed by atoms with E-state index in [0.717, 1.165) is 25.7 Å². The van der Waals surface area contributed by atoms with Crippen LogP contribution in [0.15, 0.2) is 0 Å². The summed E-state index contributed by atoms with van der Waals surface area (Å²) in [5.41, 5.74) is 0. The smallest absolute Gasteiger partial charge is 0.312 e. The van der Waals surface area contributed by atoms with E-state index in [1.54, 1.807) is 0 Å². The first-order valence-electron chi connectivity index (χ1n) is 6.35. The number of ketones is 1. The van der Waals surface area contributed by atoms with Crippen LogP contribution in [0.2, 0.25) is 0 Å². The zero-order chi connectivity index (χ0) is 12.7. The van der Waals surface area contributed by atoms with E-state index in [1.165, 1.54) is 33.0 Å². The van der Waals surface area contributed by atoms with Gasteiger partial charge in [0.25, 0.3) is 0 Å². The van der Waals surface area contributed by atoms with Gasteiger partial charge in [-0.05, 0) is 12.8 Å². The van der Waals surface area contributed by atoms with Crippen LogP contribution in [0.1, 0.15) is 44.9 Å². The average molecular weight is 262 g/mol. The third-order valence-electron chi connectivity index (χ3n) is 3.33. The Bertz CT molecular complexity index is 282. The van der Waals surface area contributed by atoms with Crippen molar-refractivity contribution in [2.75, 3.05) is 20.4 Å². The van der Waals surface area contributed by atoms with Gasteiger partial charge >= 0.3 is 7.60 Å². The minimum Gasteiger partial charge on any atom is -0.312 e. The Kier molecular flexibility index (Phi) is 6.39. The summed E-state index contributed by atoms with van der Waals surface area (Å²) >= 11 is 0. The summed E-state index contributed by atoms with van der Waals surface area (Å²) in [5, 5.41) is 0. The number of Topliss-reactive ketones (excluding diaryl/α,β-unsaturated/α-hetero) is 1. The topological polar surface area (TPSA) is 52.6 Å². The van der Waals surface area contributed by atoms with Gasteiger partial charge in [0.15, 0.2) is 5.78 Å². The summed E-state index contributed by atoms with van der Waals surface area (Å²) in [4.78, 5) is 11.9. The summed E-state index contributed by atoms with van der Waals surface area (Å²) in [6.45, 7) is 1.31. The highest BCUT2D eigenvalue weighted by molar-refractivity contribution is 7.52. The number of hydrogen-bond acceptors (Lipinski definition) is 4. The SMILES string of the molecule is COP(C)(=O)OCC(=O)C1CCCCCCC1. The molecule has 0 spiro atoms. The lowest BCUT2D eigenvalue weighted by Crippen LogP contribution is -2.20. The predicted octanol–water partition coefficient (Wildman–Crippen LogP) is 3.40. The van der Waals surface area contributed by atoms with E-state index >= 15 is 0 Å².